The van der Waals surface area contributed by atoms with Gasteiger partial charge < -0.3 is 10.2 Å². The third-order valence-electron chi connectivity index (χ3n) is 2.61. The van der Waals surface area contributed by atoms with Crippen molar-refractivity contribution in [3.05, 3.63) is 47.2 Å². The molecule has 18 heavy (non-hydrogen) atoms. The van der Waals surface area contributed by atoms with E-state index in [0.29, 0.717) is 16.1 Å². The van der Waals surface area contributed by atoms with E-state index in [1.165, 1.54) is 12.1 Å². The average molecular weight is 263 g/mol. The number of hydrogen-bond acceptors (Lipinski definition) is 3. The molecule has 1 aromatic heterocycles. The molecule has 3 aromatic rings. The molecule has 2 aromatic carbocycles. The number of nitrogen functional groups attached to an aromatic ring is 1. The van der Waals surface area contributed by atoms with Crippen molar-refractivity contribution in [3.8, 4) is 11.5 Å². The predicted octanol–water partition coefficient (Wildman–Crippen LogP) is 3.87. The van der Waals surface area contributed by atoms with E-state index in [2.05, 4.69) is 4.98 Å². The summed E-state index contributed by atoms with van der Waals surface area (Å²) in [6.45, 7) is 0. The fourth-order valence-corrected chi connectivity index (χ4v) is 1.94. The molecule has 0 unspecified atom stereocenters. The molecule has 0 saturated carbocycles. The highest BCUT2D eigenvalue weighted by atomic mass is 35.5. The van der Waals surface area contributed by atoms with Crippen LogP contribution in [0.25, 0.3) is 22.6 Å². The molecule has 0 radical (unpaired) electrons. The zero-order valence-corrected chi connectivity index (χ0v) is 9.91. The molecule has 3 rings (SSSR count). The molecule has 2 N–H and O–H groups in total. The smallest absolute Gasteiger partial charge is 0.232 e. The molecule has 5 heteroatoms. The Labute approximate surface area is 107 Å². The number of nitrogens with two attached hydrogens (primary N) is 1. The van der Waals surface area contributed by atoms with Gasteiger partial charge in [0.05, 0.1) is 5.56 Å². The van der Waals surface area contributed by atoms with E-state index in [0.717, 1.165) is 0 Å². The van der Waals surface area contributed by atoms with Gasteiger partial charge in [0.15, 0.2) is 5.58 Å². The number of fused-ring (bicyclic) bond motifs is 1. The Bertz CT molecular complexity index is 719. The van der Waals surface area contributed by atoms with Crippen molar-refractivity contribution >= 4 is 28.4 Å². The molecule has 0 atom stereocenters. The topological polar surface area (TPSA) is 52.0 Å². The van der Waals surface area contributed by atoms with Crippen molar-refractivity contribution in [1.82, 2.24) is 4.98 Å². The van der Waals surface area contributed by atoms with Crippen molar-refractivity contribution in [2.75, 3.05) is 5.73 Å². The van der Waals surface area contributed by atoms with E-state index in [1.807, 2.05) is 0 Å². The minimum Gasteiger partial charge on any atom is -0.436 e. The summed E-state index contributed by atoms with van der Waals surface area (Å²) in [5.41, 5.74) is 7.30. The van der Waals surface area contributed by atoms with Crippen molar-refractivity contribution in [2.45, 2.75) is 0 Å². The Hall–Kier alpha value is -2.07. The maximum absolute atomic E-state index is 13.7. The van der Waals surface area contributed by atoms with Crippen LogP contribution in [0.15, 0.2) is 40.8 Å². The van der Waals surface area contributed by atoms with Gasteiger partial charge in [-0.15, -0.1) is 0 Å². The molecular weight excluding hydrogens is 255 g/mol. The van der Waals surface area contributed by atoms with E-state index in [4.69, 9.17) is 21.8 Å². The lowest BCUT2D eigenvalue weighted by Gasteiger charge is -2.01. The summed E-state index contributed by atoms with van der Waals surface area (Å²) in [6, 6.07) is 9.47. The molecular formula is C13H8ClFN2O. The van der Waals surface area contributed by atoms with Crippen molar-refractivity contribution < 1.29 is 8.81 Å². The molecule has 0 amide bonds. The van der Waals surface area contributed by atoms with Gasteiger partial charge in [-0.2, -0.15) is 0 Å². The van der Waals surface area contributed by atoms with E-state index < -0.39 is 5.82 Å². The first-order valence-electron chi connectivity index (χ1n) is 5.25. The summed E-state index contributed by atoms with van der Waals surface area (Å²) in [4.78, 5) is 4.19. The standard InChI is InChI=1S/C13H8ClFN2O/c14-7-4-5-11-10(6-7)17-13(18-11)12-8(15)2-1-3-9(12)16/h1-6H,16H2. The molecule has 1 heterocycles. The van der Waals surface area contributed by atoms with E-state index >= 15 is 0 Å². The Kier molecular flexibility index (Phi) is 2.45. The average Bonchev–Trinajstić information content (AvgIpc) is 2.71. The fourth-order valence-electron chi connectivity index (χ4n) is 1.77. The van der Waals surface area contributed by atoms with Gasteiger partial charge in [0, 0.05) is 10.7 Å². The molecule has 3 nitrogen and oxygen atoms in total. The predicted molar refractivity (Wildman–Crippen MR) is 68.8 cm³/mol. The Morgan fingerprint density at radius 3 is 2.83 bits per heavy atom. The van der Waals surface area contributed by atoms with Gasteiger partial charge in [-0.3, -0.25) is 0 Å². The summed E-state index contributed by atoms with van der Waals surface area (Å²) in [6.07, 6.45) is 0. The van der Waals surface area contributed by atoms with Crippen molar-refractivity contribution in [2.24, 2.45) is 0 Å². The first kappa shape index (κ1) is 11.0. The minimum atomic E-state index is -0.465. The Balaban J connectivity index is 2.26. The summed E-state index contributed by atoms with van der Waals surface area (Å²) in [7, 11) is 0. The zero-order chi connectivity index (χ0) is 12.7. The maximum Gasteiger partial charge on any atom is 0.232 e. The number of oxazole rings is 1. The van der Waals surface area contributed by atoms with E-state index in [1.54, 1.807) is 24.3 Å². The largest absolute Gasteiger partial charge is 0.436 e. The SMILES string of the molecule is Nc1cccc(F)c1-c1nc2cc(Cl)ccc2o1. The highest BCUT2D eigenvalue weighted by Crippen LogP contribution is 2.31. The molecule has 90 valence electrons. The molecule has 0 aliphatic rings. The van der Waals surface area contributed by atoms with Gasteiger partial charge >= 0.3 is 0 Å². The van der Waals surface area contributed by atoms with Crippen LogP contribution in [0.3, 0.4) is 0 Å². The highest BCUT2D eigenvalue weighted by Gasteiger charge is 2.15. The molecule has 0 aliphatic heterocycles. The Morgan fingerprint density at radius 1 is 1.22 bits per heavy atom. The second-order valence-corrected chi connectivity index (χ2v) is 4.27. The van der Waals surface area contributed by atoms with Crippen LogP contribution in [0.5, 0.6) is 0 Å². The number of nitrogens with zero attached hydrogens (tertiary/aromatic N) is 1. The lowest BCUT2D eigenvalue weighted by atomic mass is 10.1. The van der Waals surface area contributed by atoms with Crippen LogP contribution in [0.4, 0.5) is 10.1 Å². The van der Waals surface area contributed by atoms with Crippen LogP contribution in [0.2, 0.25) is 5.02 Å². The van der Waals surface area contributed by atoms with Gasteiger partial charge in [-0.05, 0) is 30.3 Å². The number of rotatable bonds is 1. The van der Waals surface area contributed by atoms with Gasteiger partial charge in [-0.25, -0.2) is 9.37 Å². The Morgan fingerprint density at radius 2 is 2.06 bits per heavy atom. The number of anilines is 1. The minimum absolute atomic E-state index is 0.155. The zero-order valence-electron chi connectivity index (χ0n) is 9.15. The molecule has 0 fully saturated rings. The van der Waals surface area contributed by atoms with Crippen LogP contribution in [0, 0.1) is 5.82 Å². The monoisotopic (exact) mass is 262 g/mol. The third-order valence-corrected chi connectivity index (χ3v) is 2.84. The lowest BCUT2D eigenvalue weighted by molar-refractivity contribution is 0.594. The number of hydrogen-bond donors (Lipinski definition) is 1. The number of aromatic nitrogens is 1. The first-order valence-corrected chi connectivity index (χ1v) is 5.63. The van der Waals surface area contributed by atoms with Gasteiger partial charge in [0.25, 0.3) is 0 Å². The summed E-state index contributed by atoms with van der Waals surface area (Å²) >= 11 is 5.86. The summed E-state index contributed by atoms with van der Waals surface area (Å²) in [5.74, 6) is -0.310. The van der Waals surface area contributed by atoms with Crippen molar-refractivity contribution in [3.63, 3.8) is 0 Å². The van der Waals surface area contributed by atoms with Crippen molar-refractivity contribution in [1.29, 1.82) is 0 Å². The van der Waals surface area contributed by atoms with E-state index in [-0.39, 0.29) is 17.1 Å². The second kappa shape index (κ2) is 3.99. The van der Waals surface area contributed by atoms with Gasteiger partial charge in [0.2, 0.25) is 5.89 Å². The summed E-state index contributed by atoms with van der Waals surface area (Å²) in [5, 5.41) is 0.545. The molecule has 0 spiro atoms. The normalized spacial score (nSPS) is 11.0. The molecule has 0 bridgehead atoms. The second-order valence-electron chi connectivity index (χ2n) is 3.84. The number of benzene rings is 2. The quantitative estimate of drug-likeness (QED) is 0.677. The fraction of sp³-hybridized carbons (Fsp3) is 0. The van der Waals surface area contributed by atoms with E-state index in [9.17, 15) is 4.39 Å². The van der Waals surface area contributed by atoms with Crippen LogP contribution in [0.1, 0.15) is 0 Å². The maximum atomic E-state index is 13.7. The van der Waals surface area contributed by atoms with Gasteiger partial charge in [-0.1, -0.05) is 17.7 Å². The van der Waals surface area contributed by atoms with Gasteiger partial charge in [0.1, 0.15) is 11.3 Å². The van der Waals surface area contributed by atoms with Crippen LogP contribution in [-0.2, 0) is 0 Å². The number of halogens is 2. The van der Waals surface area contributed by atoms with Crippen LogP contribution in [-0.4, -0.2) is 4.98 Å². The molecule has 0 saturated heterocycles. The van der Waals surface area contributed by atoms with Crippen LogP contribution >= 0.6 is 11.6 Å². The first-order chi connectivity index (χ1) is 8.65. The lowest BCUT2D eigenvalue weighted by Crippen LogP contribution is -1.93. The highest BCUT2D eigenvalue weighted by molar-refractivity contribution is 6.31. The van der Waals surface area contributed by atoms with Crippen LogP contribution < -0.4 is 5.73 Å². The molecule has 0 aliphatic carbocycles. The third kappa shape index (κ3) is 1.71. The summed E-state index contributed by atoms with van der Waals surface area (Å²) < 4.78 is 19.2.